The van der Waals surface area contributed by atoms with Crippen LogP contribution < -0.4 is 4.74 Å². The van der Waals surface area contributed by atoms with Gasteiger partial charge in [-0.1, -0.05) is 24.3 Å². The molecule has 4 heteroatoms. The molecule has 0 saturated heterocycles. The second-order valence-electron chi connectivity index (χ2n) is 5.20. The van der Waals surface area contributed by atoms with Crippen LogP contribution in [0, 0.1) is 23.0 Å². The van der Waals surface area contributed by atoms with Gasteiger partial charge in [0.1, 0.15) is 17.4 Å². The molecule has 1 heterocycles. The summed E-state index contributed by atoms with van der Waals surface area (Å²) in [5, 5.41) is 9.69. The Morgan fingerprint density at radius 1 is 1.19 bits per heavy atom. The van der Waals surface area contributed by atoms with Crippen LogP contribution in [0.25, 0.3) is 0 Å². The summed E-state index contributed by atoms with van der Waals surface area (Å²) < 4.78 is 32.5. The summed E-state index contributed by atoms with van der Waals surface area (Å²) in [6, 6.07) is 13.1. The number of para-hydroxylation sites is 1. The number of nitrogens with zero attached hydrogens (tertiary/aromatic N) is 1. The molecule has 0 saturated carbocycles. The van der Waals surface area contributed by atoms with E-state index >= 15 is 0 Å². The minimum atomic E-state index is -0.840. The third-order valence-corrected chi connectivity index (χ3v) is 3.91. The third-order valence-electron chi connectivity index (χ3n) is 3.91. The maximum absolute atomic E-state index is 13.9. The van der Waals surface area contributed by atoms with Crippen LogP contribution in [0.2, 0.25) is 0 Å². The summed E-state index contributed by atoms with van der Waals surface area (Å²) in [4.78, 5) is 0. The zero-order chi connectivity index (χ0) is 14.9. The first-order chi connectivity index (χ1) is 10.1. The monoisotopic (exact) mass is 285 g/mol. The molecule has 1 unspecified atom stereocenters. The number of ether oxygens (including phenoxy) is 1. The first-order valence-corrected chi connectivity index (χ1v) is 6.72. The highest BCUT2D eigenvalue weighted by Gasteiger charge is 2.38. The van der Waals surface area contributed by atoms with Crippen LogP contribution in [-0.4, -0.2) is 6.61 Å². The van der Waals surface area contributed by atoms with Crippen molar-refractivity contribution in [2.45, 2.75) is 18.3 Å². The van der Waals surface area contributed by atoms with E-state index in [1.165, 1.54) is 12.1 Å². The molecule has 1 atom stereocenters. The standard InChI is InChI=1S/C17H13F2NO/c18-13-6-5-12(15(19)9-13)10-17(11-20)7-8-21-16-4-2-1-3-14(16)17/h1-6,9H,7-8,10H2. The van der Waals surface area contributed by atoms with Crippen molar-refractivity contribution in [1.29, 1.82) is 5.26 Å². The van der Waals surface area contributed by atoms with Gasteiger partial charge >= 0.3 is 0 Å². The Morgan fingerprint density at radius 2 is 2.00 bits per heavy atom. The summed E-state index contributed by atoms with van der Waals surface area (Å²) >= 11 is 0. The van der Waals surface area contributed by atoms with E-state index in [9.17, 15) is 14.0 Å². The fraction of sp³-hybridized carbons (Fsp3) is 0.235. The minimum absolute atomic E-state index is 0.204. The fourth-order valence-electron chi connectivity index (χ4n) is 2.79. The Kier molecular flexibility index (Phi) is 3.34. The van der Waals surface area contributed by atoms with E-state index in [1.807, 2.05) is 24.3 Å². The van der Waals surface area contributed by atoms with Gasteiger partial charge in [0.25, 0.3) is 0 Å². The molecule has 106 valence electrons. The van der Waals surface area contributed by atoms with Crippen LogP contribution in [0.3, 0.4) is 0 Å². The molecule has 3 rings (SSSR count). The minimum Gasteiger partial charge on any atom is -0.493 e. The van der Waals surface area contributed by atoms with Crippen molar-refractivity contribution in [2.24, 2.45) is 0 Å². The summed E-state index contributed by atoms with van der Waals surface area (Å²) in [5.74, 6) is -0.573. The van der Waals surface area contributed by atoms with Gasteiger partial charge in [0.05, 0.1) is 18.1 Å². The van der Waals surface area contributed by atoms with Gasteiger partial charge in [-0.2, -0.15) is 5.26 Å². The molecule has 2 nitrogen and oxygen atoms in total. The first-order valence-electron chi connectivity index (χ1n) is 6.72. The molecule has 21 heavy (non-hydrogen) atoms. The Morgan fingerprint density at radius 3 is 2.76 bits per heavy atom. The maximum Gasteiger partial charge on any atom is 0.129 e. The lowest BCUT2D eigenvalue weighted by Crippen LogP contribution is -2.34. The second-order valence-corrected chi connectivity index (χ2v) is 5.20. The first kappa shape index (κ1) is 13.6. The second kappa shape index (κ2) is 5.17. The number of nitriles is 1. The molecular weight excluding hydrogens is 272 g/mol. The van der Waals surface area contributed by atoms with Gasteiger partial charge in [-0.25, -0.2) is 8.78 Å². The fourth-order valence-corrected chi connectivity index (χ4v) is 2.79. The van der Waals surface area contributed by atoms with Crippen molar-refractivity contribution >= 4 is 0 Å². The molecule has 0 N–H and O–H groups in total. The summed E-state index contributed by atoms with van der Waals surface area (Å²) in [7, 11) is 0. The van der Waals surface area contributed by atoms with Gasteiger partial charge in [-0.15, -0.1) is 0 Å². The van der Waals surface area contributed by atoms with Crippen molar-refractivity contribution in [1.82, 2.24) is 0 Å². The molecule has 0 radical (unpaired) electrons. The Balaban J connectivity index is 2.05. The summed E-state index contributed by atoms with van der Waals surface area (Å²) in [5.41, 5.74) is 0.269. The van der Waals surface area contributed by atoms with E-state index in [0.29, 0.717) is 24.3 Å². The van der Waals surface area contributed by atoms with E-state index < -0.39 is 17.0 Å². The zero-order valence-electron chi connectivity index (χ0n) is 11.3. The average Bonchev–Trinajstić information content (AvgIpc) is 2.50. The van der Waals surface area contributed by atoms with Gasteiger partial charge in [-0.3, -0.25) is 0 Å². The molecule has 0 bridgehead atoms. The molecule has 0 fully saturated rings. The molecule has 2 aromatic rings. The van der Waals surface area contributed by atoms with Gasteiger partial charge in [0.2, 0.25) is 0 Å². The Labute approximate surface area is 121 Å². The molecule has 0 amide bonds. The SMILES string of the molecule is N#CC1(Cc2ccc(F)cc2F)CCOc2ccccc21. The van der Waals surface area contributed by atoms with Crippen molar-refractivity contribution < 1.29 is 13.5 Å². The van der Waals surface area contributed by atoms with Gasteiger partial charge in [0, 0.05) is 18.1 Å². The maximum atomic E-state index is 13.9. The lowest BCUT2D eigenvalue weighted by Gasteiger charge is -2.33. The van der Waals surface area contributed by atoms with E-state index in [2.05, 4.69) is 6.07 Å². The molecule has 2 aromatic carbocycles. The number of hydrogen-bond acceptors (Lipinski definition) is 2. The van der Waals surface area contributed by atoms with E-state index in [0.717, 1.165) is 11.6 Å². The van der Waals surface area contributed by atoms with Crippen LogP contribution in [0.5, 0.6) is 5.75 Å². The van der Waals surface area contributed by atoms with Crippen LogP contribution >= 0.6 is 0 Å². The quantitative estimate of drug-likeness (QED) is 0.842. The number of halogens is 2. The Hall–Kier alpha value is -2.41. The topological polar surface area (TPSA) is 33.0 Å². The van der Waals surface area contributed by atoms with Crippen LogP contribution in [0.15, 0.2) is 42.5 Å². The van der Waals surface area contributed by atoms with Crippen molar-refractivity contribution in [3.8, 4) is 11.8 Å². The zero-order valence-corrected chi connectivity index (χ0v) is 11.3. The van der Waals surface area contributed by atoms with Crippen molar-refractivity contribution in [3.05, 3.63) is 65.2 Å². The summed E-state index contributed by atoms with van der Waals surface area (Å²) in [6.45, 7) is 0.410. The lowest BCUT2D eigenvalue weighted by atomic mass is 9.73. The predicted molar refractivity (Wildman–Crippen MR) is 73.9 cm³/mol. The number of rotatable bonds is 2. The molecular formula is C17H13F2NO. The highest BCUT2D eigenvalue weighted by molar-refractivity contribution is 5.47. The van der Waals surface area contributed by atoms with Crippen molar-refractivity contribution in [2.75, 3.05) is 6.61 Å². The van der Waals surface area contributed by atoms with Crippen molar-refractivity contribution in [3.63, 3.8) is 0 Å². The summed E-state index contributed by atoms with van der Waals surface area (Å²) in [6.07, 6.45) is 0.688. The highest BCUT2D eigenvalue weighted by atomic mass is 19.1. The van der Waals surface area contributed by atoms with E-state index in [-0.39, 0.29) is 6.42 Å². The van der Waals surface area contributed by atoms with Crippen LogP contribution in [0.4, 0.5) is 8.78 Å². The smallest absolute Gasteiger partial charge is 0.129 e. The van der Waals surface area contributed by atoms with E-state index in [4.69, 9.17) is 4.74 Å². The normalized spacial score (nSPS) is 20.2. The van der Waals surface area contributed by atoms with Crippen LogP contribution in [-0.2, 0) is 11.8 Å². The number of fused-ring (bicyclic) bond motifs is 1. The lowest BCUT2D eigenvalue weighted by molar-refractivity contribution is 0.240. The molecule has 0 aliphatic carbocycles. The predicted octanol–water partition coefficient (Wildman–Crippen LogP) is 3.75. The number of benzene rings is 2. The van der Waals surface area contributed by atoms with Gasteiger partial charge in [0.15, 0.2) is 0 Å². The molecule has 1 aliphatic rings. The molecule has 0 aromatic heterocycles. The molecule has 0 spiro atoms. The molecule has 1 aliphatic heterocycles. The Bertz CT molecular complexity index is 723. The van der Waals surface area contributed by atoms with Crippen LogP contribution in [0.1, 0.15) is 17.5 Å². The van der Waals surface area contributed by atoms with E-state index in [1.54, 1.807) is 0 Å². The van der Waals surface area contributed by atoms with Gasteiger partial charge < -0.3 is 4.74 Å². The number of hydrogen-bond donors (Lipinski definition) is 0. The highest BCUT2D eigenvalue weighted by Crippen LogP contribution is 2.41. The average molecular weight is 285 g/mol. The van der Waals surface area contributed by atoms with Gasteiger partial charge in [-0.05, 0) is 24.1 Å². The third kappa shape index (κ3) is 2.36. The largest absolute Gasteiger partial charge is 0.493 e.